The van der Waals surface area contributed by atoms with Crippen molar-refractivity contribution in [2.45, 2.75) is 32.1 Å². The van der Waals surface area contributed by atoms with Crippen molar-refractivity contribution in [3.8, 4) is 0 Å². The van der Waals surface area contributed by atoms with Gasteiger partial charge >= 0.3 is 0 Å². The molecule has 0 aliphatic heterocycles. The van der Waals surface area contributed by atoms with E-state index in [0.717, 1.165) is 18.9 Å². The largest absolute Gasteiger partial charge is 0.299 e. The van der Waals surface area contributed by atoms with Gasteiger partial charge in [-0.3, -0.25) is 4.79 Å². The average Bonchev–Trinajstić information content (AvgIpc) is 2.94. The highest BCUT2D eigenvalue weighted by Gasteiger charge is 2.42. The summed E-state index contributed by atoms with van der Waals surface area (Å²) < 4.78 is 26.3. The van der Waals surface area contributed by atoms with E-state index in [2.05, 4.69) is 0 Å². The average molecular weight is 250 g/mol. The summed E-state index contributed by atoms with van der Waals surface area (Å²) in [6.45, 7) is 0. The fraction of sp³-hybridized carbons (Fsp3) is 0.533. The molecule has 0 heterocycles. The van der Waals surface area contributed by atoms with Crippen LogP contribution >= 0.6 is 0 Å². The Balaban J connectivity index is 1.71. The van der Waals surface area contributed by atoms with Crippen LogP contribution in [0.25, 0.3) is 0 Å². The first kappa shape index (κ1) is 11.8. The van der Waals surface area contributed by atoms with Crippen molar-refractivity contribution < 1.29 is 13.6 Å². The minimum atomic E-state index is -0.605. The van der Waals surface area contributed by atoms with E-state index >= 15 is 0 Å². The fourth-order valence-electron chi connectivity index (χ4n) is 3.62. The third-order valence-electron chi connectivity index (χ3n) is 4.53. The van der Waals surface area contributed by atoms with Crippen LogP contribution in [0.4, 0.5) is 8.78 Å². The van der Waals surface area contributed by atoms with Crippen molar-refractivity contribution >= 4 is 5.78 Å². The van der Waals surface area contributed by atoms with Crippen LogP contribution in [0.2, 0.25) is 0 Å². The second-order valence-corrected chi connectivity index (χ2v) is 5.66. The second-order valence-electron chi connectivity index (χ2n) is 5.66. The standard InChI is InChI=1S/C15H16F2O/c16-12-4-3-11(14(17)8-12)7-15(18)13-6-9-1-2-10(13)5-9/h3-4,8-10,13H,1-2,5-7H2. The van der Waals surface area contributed by atoms with Gasteiger partial charge in [0.05, 0.1) is 0 Å². The van der Waals surface area contributed by atoms with Crippen LogP contribution in [0.1, 0.15) is 31.2 Å². The Morgan fingerprint density at radius 1 is 1.22 bits per heavy atom. The maximum Gasteiger partial charge on any atom is 0.140 e. The van der Waals surface area contributed by atoms with E-state index in [1.54, 1.807) is 0 Å². The van der Waals surface area contributed by atoms with Crippen LogP contribution in [0, 0.1) is 29.4 Å². The highest BCUT2D eigenvalue weighted by atomic mass is 19.1. The summed E-state index contributed by atoms with van der Waals surface area (Å²) in [5, 5.41) is 0. The van der Waals surface area contributed by atoms with Crippen molar-refractivity contribution in [1.29, 1.82) is 0 Å². The topological polar surface area (TPSA) is 17.1 Å². The highest BCUT2D eigenvalue weighted by Crippen LogP contribution is 2.48. The van der Waals surface area contributed by atoms with Crippen LogP contribution in [-0.2, 0) is 11.2 Å². The Morgan fingerprint density at radius 2 is 2.06 bits per heavy atom. The molecule has 0 amide bonds. The van der Waals surface area contributed by atoms with Gasteiger partial charge in [-0.1, -0.05) is 12.5 Å². The number of Topliss-reactive ketones (excluding diaryl/α,β-unsaturated/α-hetero) is 1. The van der Waals surface area contributed by atoms with Crippen molar-refractivity contribution in [3.63, 3.8) is 0 Å². The molecule has 96 valence electrons. The molecule has 1 aromatic carbocycles. The van der Waals surface area contributed by atoms with E-state index in [-0.39, 0.29) is 18.1 Å². The molecule has 0 radical (unpaired) electrons. The Hall–Kier alpha value is -1.25. The lowest BCUT2D eigenvalue weighted by Crippen LogP contribution is -2.22. The monoisotopic (exact) mass is 250 g/mol. The first-order valence-electron chi connectivity index (χ1n) is 6.60. The van der Waals surface area contributed by atoms with Crippen molar-refractivity contribution in [1.82, 2.24) is 0 Å². The van der Waals surface area contributed by atoms with E-state index in [4.69, 9.17) is 0 Å². The van der Waals surface area contributed by atoms with Gasteiger partial charge in [0.25, 0.3) is 0 Å². The summed E-state index contributed by atoms with van der Waals surface area (Å²) in [5.74, 6) is 0.282. The molecular weight excluding hydrogens is 234 g/mol. The predicted molar refractivity (Wildman–Crippen MR) is 64.0 cm³/mol. The number of hydrogen-bond acceptors (Lipinski definition) is 1. The van der Waals surface area contributed by atoms with Crippen LogP contribution in [-0.4, -0.2) is 5.78 Å². The van der Waals surface area contributed by atoms with Gasteiger partial charge in [-0.25, -0.2) is 8.78 Å². The van der Waals surface area contributed by atoms with Crippen LogP contribution in [0.5, 0.6) is 0 Å². The van der Waals surface area contributed by atoms with Gasteiger partial charge in [0.1, 0.15) is 17.4 Å². The molecule has 2 aliphatic rings. The lowest BCUT2D eigenvalue weighted by Gasteiger charge is -2.20. The molecule has 0 N–H and O–H groups in total. The third kappa shape index (κ3) is 2.06. The van der Waals surface area contributed by atoms with Gasteiger partial charge < -0.3 is 0 Å². The SMILES string of the molecule is O=C(Cc1ccc(F)cc1F)C1CC2CCC1C2. The molecule has 0 saturated heterocycles. The maximum absolute atomic E-state index is 13.5. The Kier molecular flexibility index (Phi) is 2.92. The molecule has 1 nitrogen and oxygen atoms in total. The van der Waals surface area contributed by atoms with Gasteiger partial charge in [0.15, 0.2) is 0 Å². The molecule has 3 atom stereocenters. The number of halogens is 2. The molecule has 3 unspecified atom stereocenters. The first-order valence-corrected chi connectivity index (χ1v) is 6.60. The fourth-order valence-corrected chi connectivity index (χ4v) is 3.62. The molecule has 3 heteroatoms. The minimum absolute atomic E-state index is 0.111. The molecule has 3 rings (SSSR count). The number of hydrogen-bond donors (Lipinski definition) is 0. The number of carbonyl (C=O) groups excluding carboxylic acids is 1. The van der Waals surface area contributed by atoms with Crippen LogP contribution in [0.3, 0.4) is 0 Å². The van der Waals surface area contributed by atoms with E-state index in [1.807, 2.05) is 0 Å². The van der Waals surface area contributed by atoms with Gasteiger partial charge in [-0.15, -0.1) is 0 Å². The Bertz CT molecular complexity index is 483. The lowest BCUT2D eigenvalue weighted by molar-refractivity contribution is -0.123. The molecule has 2 aliphatic carbocycles. The quantitative estimate of drug-likeness (QED) is 0.802. The minimum Gasteiger partial charge on any atom is -0.299 e. The normalized spacial score (nSPS) is 29.8. The Labute approximate surface area is 105 Å². The lowest BCUT2D eigenvalue weighted by atomic mass is 9.83. The van der Waals surface area contributed by atoms with Gasteiger partial charge in [0.2, 0.25) is 0 Å². The predicted octanol–water partition coefficient (Wildman–Crippen LogP) is 3.51. The van der Waals surface area contributed by atoms with E-state index in [1.165, 1.54) is 25.0 Å². The smallest absolute Gasteiger partial charge is 0.140 e. The Morgan fingerprint density at radius 3 is 2.67 bits per heavy atom. The van der Waals surface area contributed by atoms with Gasteiger partial charge in [-0.2, -0.15) is 0 Å². The summed E-state index contributed by atoms with van der Waals surface area (Å²) in [7, 11) is 0. The number of ketones is 1. The molecule has 2 fully saturated rings. The number of fused-ring (bicyclic) bond motifs is 2. The van der Waals surface area contributed by atoms with Crippen LogP contribution < -0.4 is 0 Å². The molecule has 2 bridgehead atoms. The molecule has 0 spiro atoms. The molecule has 0 aromatic heterocycles. The highest BCUT2D eigenvalue weighted by molar-refractivity contribution is 5.84. The van der Waals surface area contributed by atoms with E-state index in [0.29, 0.717) is 17.4 Å². The summed E-state index contributed by atoms with van der Waals surface area (Å²) >= 11 is 0. The number of rotatable bonds is 3. The number of benzene rings is 1. The van der Waals surface area contributed by atoms with E-state index < -0.39 is 11.6 Å². The molecular formula is C15H16F2O. The van der Waals surface area contributed by atoms with Crippen LogP contribution in [0.15, 0.2) is 18.2 Å². The van der Waals surface area contributed by atoms with Crippen molar-refractivity contribution in [2.75, 3.05) is 0 Å². The summed E-state index contributed by atoms with van der Waals surface area (Å²) in [6.07, 6.45) is 4.65. The zero-order valence-corrected chi connectivity index (χ0v) is 10.2. The van der Waals surface area contributed by atoms with Gasteiger partial charge in [0, 0.05) is 18.4 Å². The van der Waals surface area contributed by atoms with Crippen molar-refractivity contribution in [3.05, 3.63) is 35.4 Å². The zero-order valence-electron chi connectivity index (χ0n) is 10.2. The summed E-state index contributed by atoms with van der Waals surface area (Å²) in [6, 6.07) is 3.45. The van der Waals surface area contributed by atoms with Gasteiger partial charge in [-0.05, 0) is 42.7 Å². The van der Waals surface area contributed by atoms with Crippen molar-refractivity contribution in [2.24, 2.45) is 17.8 Å². The first-order chi connectivity index (χ1) is 8.63. The molecule has 1 aromatic rings. The summed E-state index contributed by atoms with van der Waals surface area (Å²) in [4.78, 5) is 12.2. The summed E-state index contributed by atoms with van der Waals surface area (Å²) in [5.41, 5.74) is 0.323. The van der Waals surface area contributed by atoms with E-state index in [9.17, 15) is 13.6 Å². The maximum atomic E-state index is 13.5. The zero-order chi connectivity index (χ0) is 12.7. The second kappa shape index (κ2) is 4.45. The third-order valence-corrected chi connectivity index (χ3v) is 4.53. The molecule has 2 saturated carbocycles. The number of carbonyl (C=O) groups is 1. The molecule has 18 heavy (non-hydrogen) atoms.